The standard InChI is InChI=1S/C10H10ClFO3/c1-15-9-5-8(12)6(4-7(9)11)2-3-10(13)14/h4-5H,2-3H2,1H3,(H,13,14). The summed E-state index contributed by atoms with van der Waals surface area (Å²) in [5.74, 6) is -1.23. The van der Waals surface area contributed by atoms with Crippen LogP contribution in [-0.4, -0.2) is 18.2 Å². The molecule has 5 heteroatoms. The minimum Gasteiger partial charge on any atom is -0.495 e. The van der Waals surface area contributed by atoms with Crippen LogP contribution in [0.1, 0.15) is 12.0 Å². The minimum atomic E-state index is -0.971. The van der Waals surface area contributed by atoms with Crippen LogP contribution in [0.5, 0.6) is 5.75 Å². The number of hydrogen-bond acceptors (Lipinski definition) is 2. The molecule has 0 saturated heterocycles. The molecule has 0 amide bonds. The van der Waals surface area contributed by atoms with Crippen molar-refractivity contribution in [2.24, 2.45) is 0 Å². The Morgan fingerprint density at radius 2 is 2.27 bits per heavy atom. The fourth-order valence-electron chi connectivity index (χ4n) is 1.16. The van der Waals surface area contributed by atoms with Crippen LogP contribution in [0.15, 0.2) is 12.1 Å². The second-order valence-corrected chi connectivity index (χ2v) is 3.38. The van der Waals surface area contributed by atoms with Gasteiger partial charge in [-0.25, -0.2) is 4.39 Å². The number of benzene rings is 1. The molecule has 82 valence electrons. The quantitative estimate of drug-likeness (QED) is 0.868. The van der Waals surface area contributed by atoms with E-state index in [9.17, 15) is 9.18 Å². The molecule has 15 heavy (non-hydrogen) atoms. The van der Waals surface area contributed by atoms with Crippen molar-refractivity contribution >= 4 is 17.6 Å². The Morgan fingerprint density at radius 3 is 2.80 bits per heavy atom. The van der Waals surface area contributed by atoms with E-state index < -0.39 is 11.8 Å². The molecule has 1 aromatic carbocycles. The lowest BCUT2D eigenvalue weighted by Gasteiger charge is -2.06. The van der Waals surface area contributed by atoms with Crippen LogP contribution >= 0.6 is 11.6 Å². The zero-order valence-electron chi connectivity index (χ0n) is 8.09. The normalized spacial score (nSPS) is 10.1. The van der Waals surface area contributed by atoms with E-state index >= 15 is 0 Å². The third-order valence-electron chi connectivity index (χ3n) is 1.93. The molecular weight excluding hydrogens is 223 g/mol. The number of hydrogen-bond donors (Lipinski definition) is 1. The summed E-state index contributed by atoms with van der Waals surface area (Å²) < 4.78 is 18.2. The van der Waals surface area contributed by atoms with E-state index in [1.54, 1.807) is 0 Å². The van der Waals surface area contributed by atoms with Crippen LogP contribution in [0.3, 0.4) is 0 Å². The van der Waals surface area contributed by atoms with Gasteiger partial charge in [-0.1, -0.05) is 11.6 Å². The van der Waals surface area contributed by atoms with Crippen molar-refractivity contribution in [3.05, 3.63) is 28.5 Å². The Bertz CT molecular complexity index is 379. The van der Waals surface area contributed by atoms with E-state index in [1.807, 2.05) is 0 Å². The Balaban J connectivity index is 2.90. The van der Waals surface area contributed by atoms with Gasteiger partial charge in [-0.15, -0.1) is 0 Å². The first-order valence-corrected chi connectivity index (χ1v) is 4.66. The highest BCUT2D eigenvalue weighted by molar-refractivity contribution is 6.32. The second kappa shape index (κ2) is 4.98. The topological polar surface area (TPSA) is 46.5 Å². The number of methoxy groups -OCH3 is 1. The monoisotopic (exact) mass is 232 g/mol. The molecule has 1 N–H and O–H groups in total. The van der Waals surface area contributed by atoms with Crippen molar-refractivity contribution < 1.29 is 19.0 Å². The summed E-state index contributed by atoms with van der Waals surface area (Å²) in [6.45, 7) is 0. The molecule has 0 saturated carbocycles. The van der Waals surface area contributed by atoms with Crippen molar-refractivity contribution in [3.8, 4) is 5.75 Å². The van der Waals surface area contributed by atoms with Gasteiger partial charge in [0, 0.05) is 12.5 Å². The summed E-state index contributed by atoms with van der Waals surface area (Å²) >= 11 is 5.78. The highest BCUT2D eigenvalue weighted by Crippen LogP contribution is 2.27. The number of carboxylic acid groups (broad SMARTS) is 1. The zero-order chi connectivity index (χ0) is 11.4. The average Bonchev–Trinajstić information content (AvgIpc) is 2.18. The van der Waals surface area contributed by atoms with E-state index in [0.29, 0.717) is 0 Å². The lowest BCUT2D eigenvalue weighted by atomic mass is 10.1. The Morgan fingerprint density at radius 1 is 1.60 bits per heavy atom. The van der Waals surface area contributed by atoms with E-state index in [4.69, 9.17) is 21.4 Å². The minimum absolute atomic E-state index is 0.116. The predicted molar refractivity (Wildman–Crippen MR) is 53.9 cm³/mol. The van der Waals surface area contributed by atoms with E-state index in [-0.39, 0.29) is 29.2 Å². The van der Waals surface area contributed by atoms with E-state index in [0.717, 1.165) is 6.07 Å². The third-order valence-corrected chi connectivity index (χ3v) is 2.22. The first-order chi connectivity index (χ1) is 7.04. The summed E-state index contributed by atoms with van der Waals surface area (Å²) in [4.78, 5) is 10.3. The van der Waals surface area contributed by atoms with Gasteiger partial charge in [-0.3, -0.25) is 4.79 Å². The van der Waals surface area contributed by atoms with Gasteiger partial charge in [0.05, 0.1) is 12.1 Å². The molecule has 0 aliphatic heterocycles. The maximum absolute atomic E-state index is 13.3. The SMILES string of the molecule is COc1cc(F)c(CCC(=O)O)cc1Cl. The van der Waals surface area contributed by atoms with Crippen LogP contribution in [0, 0.1) is 5.82 Å². The van der Waals surface area contributed by atoms with Gasteiger partial charge in [0.25, 0.3) is 0 Å². The van der Waals surface area contributed by atoms with Crippen LogP contribution in [0.2, 0.25) is 5.02 Å². The van der Waals surface area contributed by atoms with Crippen molar-refractivity contribution in [2.75, 3.05) is 7.11 Å². The molecule has 0 atom stereocenters. The van der Waals surface area contributed by atoms with Crippen molar-refractivity contribution in [3.63, 3.8) is 0 Å². The number of halogens is 2. The van der Waals surface area contributed by atoms with E-state index in [1.165, 1.54) is 13.2 Å². The second-order valence-electron chi connectivity index (χ2n) is 2.97. The molecule has 0 spiro atoms. The molecule has 0 unspecified atom stereocenters. The van der Waals surface area contributed by atoms with Gasteiger partial charge < -0.3 is 9.84 Å². The molecule has 3 nitrogen and oxygen atoms in total. The van der Waals surface area contributed by atoms with Crippen molar-refractivity contribution in [1.82, 2.24) is 0 Å². The molecule has 1 aromatic rings. The molecule has 0 aromatic heterocycles. The fraction of sp³-hybridized carbons (Fsp3) is 0.300. The van der Waals surface area contributed by atoms with Gasteiger partial charge in [-0.05, 0) is 18.1 Å². The van der Waals surface area contributed by atoms with Gasteiger partial charge in [0.15, 0.2) is 0 Å². The van der Waals surface area contributed by atoms with Crippen LogP contribution in [0.4, 0.5) is 4.39 Å². The molecular formula is C10H10ClFO3. The molecule has 0 radical (unpaired) electrons. The summed E-state index contributed by atoms with van der Waals surface area (Å²) in [5, 5.41) is 8.73. The summed E-state index contributed by atoms with van der Waals surface area (Å²) in [5.41, 5.74) is 0.281. The molecule has 0 fully saturated rings. The third kappa shape index (κ3) is 3.09. The fourth-order valence-corrected chi connectivity index (χ4v) is 1.42. The molecule has 1 rings (SSSR count). The first-order valence-electron chi connectivity index (χ1n) is 4.28. The van der Waals surface area contributed by atoms with Gasteiger partial charge >= 0.3 is 5.97 Å². The number of carbonyl (C=O) groups is 1. The lowest BCUT2D eigenvalue weighted by molar-refractivity contribution is -0.136. The number of aryl methyl sites for hydroxylation is 1. The van der Waals surface area contributed by atoms with Crippen LogP contribution in [0.25, 0.3) is 0 Å². The first kappa shape index (κ1) is 11.8. The summed E-state index contributed by atoms with van der Waals surface area (Å²) in [6, 6.07) is 2.54. The predicted octanol–water partition coefficient (Wildman–Crippen LogP) is 2.50. The highest BCUT2D eigenvalue weighted by atomic mass is 35.5. The van der Waals surface area contributed by atoms with Crippen LogP contribution < -0.4 is 4.74 Å². The zero-order valence-corrected chi connectivity index (χ0v) is 8.84. The summed E-state index contributed by atoms with van der Waals surface area (Å²) in [6.07, 6.45) is -0.00947. The summed E-state index contributed by atoms with van der Waals surface area (Å²) in [7, 11) is 1.39. The van der Waals surface area contributed by atoms with E-state index in [2.05, 4.69) is 0 Å². The highest BCUT2D eigenvalue weighted by Gasteiger charge is 2.10. The number of ether oxygens (including phenoxy) is 1. The largest absolute Gasteiger partial charge is 0.495 e. The maximum Gasteiger partial charge on any atom is 0.303 e. The molecule has 0 heterocycles. The van der Waals surface area contributed by atoms with Crippen LogP contribution in [-0.2, 0) is 11.2 Å². The number of aliphatic carboxylic acids is 1. The smallest absolute Gasteiger partial charge is 0.303 e. The Hall–Kier alpha value is -1.29. The van der Waals surface area contributed by atoms with Gasteiger partial charge in [0.1, 0.15) is 11.6 Å². The Kier molecular flexibility index (Phi) is 3.91. The number of rotatable bonds is 4. The molecule has 0 bridgehead atoms. The molecule has 0 aliphatic rings. The van der Waals surface area contributed by atoms with Crippen molar-refractivity contribution in [1.29, 1.82) is 0 Å². The van der Waals surface area contributed by atoms with Crippen molar-refractivity contribution in [2.45, 2.75) is 12.8 Å². The van der Waals surface area contributed by atoms with Gasteiger partial charge in [-0.2, -0.15) is 0 Å². The average molecular weight is 233 g/mol. The Labute approximate surface area is 91.4 Å². The van der Waals surface area contributed by atoms with Gasteiger partial charge in [0.2, 0.25) is 0 Å². The lowest BCUT2D eigenvalue weighted by Crippen LogP contribution is -2.00. The molecule has 0 aliphatic carbocycles. The maximum atomic E-state index is 13.3. The number of carboxylic acids is 1.